The van der Waals surface area contributed by atoms with Gasteiger partial charge in [0, 0.05) is 11.6 Å². The molecule has 0 aromatic heterocycles. The quantitative estimate of drug-likeness (QED) is 0.779. The van der Waals surface area contributed by atoms with Crippen molar-refractivity contribution >= 4 is 0 Å². The average Bonchev–Trinajstić information content (AvgIpc) is 2.69. The molecule has 0 spiro atoms. The molecule has 1 aliphatic rings. The van der Waals surface area contributed by atoms with Crippen molar-refractivity contribution < 1.29 is 18.3 Å². The second-order valence-corrected chi connectivity index (χ2v) is 3.89. The zero-order chi connectivity index (χ0) is 11.8. The van der Waals surface area contributed by atoms with Gasteiger partial charge in [-0.05, 0) is 25.5 Å². The molecule has 2 nitrogen and oxygen atoms in total. The van der Waals surface area contributed by atoms with Crippen molar-refractivity contribution in [2.24, 2.45) is 0 Å². The number of hydrogen-bond donors (Lipinski definition) is 2. The summed E-state index contributed by atoms with van der Waals surface area (Å²) in [5.41, 5.74) is -0.619. The third-order valence-corrected chi connectivity index (χ3v) is 2.81. The van der Waals surface area contributed by atoms with Gasteiger partial charge < -0.3 is 10.4 Å². The molecule has 1 fully saturated rings. The van der Waals surface area contributed by atoms with Gasteiger partial charge in [0.25, 0.3) is 0 Å². The molecule has 88 valence electrons. The van der Waals surface area contributed by atoms with Gasteiger partial charge in [-0.2, -0.15) is 13.2 Å². The van der Waals surface area contributed by atoms with E-state index in [4.69, 9.17) is 0 Å². The molecule has 0 aliphatic carbocycles. The van der Waals surface area contributed by atoms with Gasteiger partial charge >= 0.3 is 6.18 Å². The van der Waals surface area contributed by atoms with Gasteiger partial charge in [0.2, 0.25) is 0 Å². The molecule has 2 rings (SSSR count). The highest BCUT2D eigenvalue weighted by atomic mass is 19.4. The van der Waals surface area contributed by atoms with E-state index in [0.29, 0.717) is 5.56 Å². The maximum atomic E-state index is 12.5. The molecule has 2 N–H and O–H groups in total. The number of benzene rings is 1. The Morgan fingerprint density at radius 2 is 2.06 bits per heavy atom. The smallest absolute Gasteiger partial charge is 0.419 e. The molecule has 0 unspecified atom stereocenters. The van der Waals surface area contributed by atoms with E-state index < -0.39 is 17.5 Å². The second-order valence-electron chi connectivity index (χ2n) is 3.89. The standard InChI is InChI=1S/C11H12F3NO/c12-11(13,14)8-4-1-3-7(10(8)16)9-5-2-6-15-9/h1,3-4,9,15-16H,2,5-6H2/t9-/m1/s1. The van der Waals surface area contributed by atoms with Crippen LogP contribution in [0.15, 0.2) is 18.2 Å². The Labute approximate surface area is 91.1 Å². The predicted octanol–water partition coefficient (Wildman–Crippen LogP) is 2.84. The zero-order valence-corrected chi connectivity index (χ0v) is 8.51. The second kappa shape index (κ2) is 3.97. The number of para-hydroxylation sites is 1. The maximum Gasteiger partial charge on any atom is 0.419 e. The summed E-state index contributed by atoms with van der Waals surface area (Å²) >= 11 is 0. The first-order valence-corrected chi connectivity index (χ1v) is 5.12. The lowest BCUT2D eigenvalue weighted by Gasteiger charge is -2.16. The summed E-state index contributed by atoms with van der Waals surface area (Å²) in [4.78, 5) is 0. The van der Waals surface area contributed by atoms with Gasteiger partial charge in [0.15, 0.2) is 0 Å². The Balaban J connectivity index is 2.40. The van der Waals surface area contributed by atoms with Gasteiger partial charge in [-0.3, -0.25) is 0 Å². The molecular formula is C11H12F3NO. The predicted molar refractivity (Wildman–Crippen MR) is 53.1 cm³/mol. The molecule has 1 aliphatic heterocycles. The van der Waals surface area contributed by atoms with E-state index in [1.165, 1.54) is 12.1 Å². The molecule has 5 heteroatoms. The van der Waals surface area contributed by atoms with Crippen LogP contribution in [0.1, 0.15) is 30.0 Å². The van der Waals surface area contributed by atoms with E-state index in [2.05, 4.69) is 5.32 Å². The summed E-state index contributed by atoms with van der Waals surface area (Å²) in [6.07, 6.45) is -2.83. The number of hydrogen-bond acceptors (Lipinski definition) is 2. The Hall–Kier alpha value is -1.23. The van der Waals surface area contributed by atoms with Crippen LogP contribution in [0, 0.1) is 0 Å². The third kappa shape index (κ3) is 2.00. The highest BCUT2D eigenvalue weighted by molar-refractivity contribution is 5.44. The summed E-state index contributed by atoms with van der Waals surface area (Å²) < 4.78 is 37.6. The largest absolute Gasteiger partial charge is 0.507 e. The Kier molecular flexibility index (Phi) is 2.80. The lowest BCUT2D eigenvalue weighted by Crippen LogP contribution is -2.14. The van der Waals surface area contributed by atoms with E-state index in [1.54, 1.807) is 0 Å². The maximum absolute atomic E-state index is 12.5. The van der Waals surface area contributed by atoms with Crippen molar-refractivity contribution in [3.63, 3.8) is 0 Å². The molecule has 0 saturated carbocycles. The van der Waals surface area contributed by atoms with Gasteiger partial charge in [-0.15, -0.1) is 0 Å². The fourth-order valence-corrected chi connectivity index (χ4v) is 2.02. The summed E-state index contributed by atoms with van der Waals surface area (Å²) in [6.45, 7) is 0.778. The van der Waals surface area contributed by atoms with Crippen LogP contribution in [-0.4, -0.2) is 11.7 Å². The Morgan fingerprint density at radius 1 is 1.31 bits per heavy atom. The number of aromatic hydroxyl groups is 1. The van der Waals surface area contributed by atoms with Crippen molar-refractivity contribution in [1.29, 1.82) is 0 Å². The number of nitrogens with one attached hydrogen (secondary N) is 1. The fraction of sp³-hybridized carbons (Fsp3) is 0.455. The minimum absolute atomic E-state index is 0.165. The summed E-state index contributed by atoms with van der Waals surface area (Å²) in [6, 6.07) is 3.60. The van der Waals surface area contributed by atoms with E-state index in [9.17, 15) is 18.3 Å². The normalized spacial score (nSPS) is 21.3. The summed E-state index contributed by atoms with van der Waals surface area (Å²) in [5.74, 6) is -0.644. The highest BCUT2D eigenvalue weighted by Gasteiger charge is 2.35. The van der Waals surface area contributed by atoms with Crippen LogP contribution in [0.3, 0.4) is 0 Å². The van der Waals surface area contributed by atoms with Gasteiger partial charge in [-0.25, -0.2) is 0 Å². The number of phenols is 1. The third-order valence-electron chi connectivity index (χ3n) is 2.81. The zero-order valence-electron chi connectivity index (χ0n) is 8.51. The van der Waals surface area contributed by atoms with Crippen LogP contribution in [0.5, 0.6) is 5.75 Å². The molecule has 0 amide bonds. The van der Waals surface area contributed by atoms with Crippen LogP contribution >= 0.6 is 0 Å². The van der Waals surface area contributed by atoms with Gasteiger partial charge in [0.05, 0.1) is 5.56 Å². The van der Waals surface area contributed by atoms with Crippen molar-refractivity contribution in [1.82, 2.24) is 5.32 Å². The molecule has 1 heterocycles. The van der Waals surface area contributed by atoms with Crippen LogP contribution in [-0.2, 0) is 6.18 Å². The number of alkyl halides is 3. The Bertz CT molecular complexity index is 383. The highest BCUT2D eigenvalue weighted by Crippen LogP contribution is 2.40. The molecule has 1 saturated heterocycles. The minimum atomic E-state index is -4.50. The van der Waals surface area contributed by atoms with E-state index in [-0.39, 0.29) is 6.04 Å². The van der Waals surface area contributed by atoms with Crippen molar-refractivity contribution in [3.8, 4) is 5.75 Å². The van der Waals surface area contributed by atoms with Crippen molar-refractivity contribution in [3.05, 3.63) is 29.3 Å². The van der Waals surface area contributed by atoms with E-state index in [1.807, 2.05) is 0 Å². The molecule has 16 heavy (non-hydrogen) atoms. The average molecular weight is 231 g/mol. The number of rotatable bonds is 1. The minimum Gasteiger partial charge on any atom is -0.507 e. The lowest BCUT2D eigenvalue weighted by molar-refractivity contribution is -0.138. The molecular weight excluding hydrogens is 219 g/mol. The molecule has 0 bridgehead atoms. The molecule has 1 aromatic carbocycles. The topological polar surface area (TPSA) is 32.3 Å². The van der Waals surface area contributed by atoms with Crippen LogP contribution in [0.25, 0.3) is 0 Å². The molecule has 1 atom stereocenters. The molecule has 1 aromatic rings. The van der Waals surface area contributed by atoms with Crippen molar-refractivity contribution in [2.45, 2.75) is 25.1 Å². The Morgan fingerprint density at radius 3 is 2.62 bits per heavy atom. The monoisotopic (exact) mass is 231 g/mol. The first-order valence-electron chi connectivity index (χ1n) is 5.12. The number of halogens is 3. The van der Waals surface area contributed by atoms with Crippen molar-refractivity contribution in [2.75, 3.05) is 6.54 Å². The molecule has 0 radical (unpaired) electrons. The number of phenolic OH excluding ortho intramolecular Hbond substituents is 1. The summed E-state index contributed by atoms with van der Waals surface area (Å²) in [5, 5.41) is 12.7. The van der Waals surface area contributed by atoms with E-state index >= 15 is 0 Å². The lowest BCUT2D eigenvalue weighted by atomic mass is 10.0. The van der Waals surface area contributed by atoms with Gasteiger partial charge in [-0.1, -0.05) is 12.1 Å². The van der Waals surface area contributed by atoms with Crippen LogP contribution in [0.2, 0.25) is 0 Å². The van der Waals surface area contributed by atoms with E-state index in [0.717, 1.165) is 25.5 Å². The SMILES string of the molecule is Oc1c([C@H]2CCCN2)cccc1C(F)(F)F. The summed E-state index contributed by atoms with van der Waals surface area (Å²) in [7, 11) is 0. The first-order chi connectivity index (χ1) is 7.50. The fourth-order valence-electron chi connectivity index (χ4n) is 2.02. The van der Waals surface area contributed by atoms with Gasteiger partial charge in [0.1, 0.15) is 5.75 Å². The van der Waals surface area contributed by atoms with Crippen LogP contribution < -0.4 is 5.32 Å². The first kappa shape index (κ1) is 11.3. The van der Waals surface area contributed by atoms with Crippen LogP contribution in [0.4, 0.5) is 13.2 Å².